The summed E-state index contributed by atoms with van der Waals surface area (Å²) < 4.78 is 18.7. The van der Waals surface area contributed by atoms with Crippen LogP contribution in [0.5, 0.6) is 5.75 Å². The molecule has 1 amide bonds. The average molecular weight is 442 g/mol. The van der Waals surface area contributed by atoms with Gasteiger partial charge in [-0.2, -0.15) is 0 Å². The number of benzene rings is 3. The summed E-state index contributed by atoms with van der Waals surface area (Å²) in [6.07, 6.45) is 2.61. The number of anilines is 2. The van der Waals surface area contributed by atoms with Gasteiger partial charge >= 0.3 is 0 Å². The number of ether oxygens (including phenoxy) is 1. The molecule has 0 bridgehead atoms. The monoisotopic (exact) mass is 441 g/mol. The number of rotatable bonds is 8. The van der Waals surface area contributed by atoms with E-state index in [0.29, 0.717) is 22.6 Å². The SMILES string of the molecule is COc1ccc(-c2ccc(F)cc2)c(C(=O)Nc2ccc(NCCc3ccccn3)cc2)c1. The Morgan fingerprint density at radius 3 is 2.39 bits per heavy atom. The Morgan fingerprint density at radius 2 is 1.70 bits per heavy atom. The molecule has 0 saturated carbocycles. The Labute approximate surface area is 192 Å². The number of carbonyl (C=O) groups is 1. The van der Waals surface area contributed by atoms with Crippen molar-refractivity contribution in [2.24, 2.45) is 0 Å². The molecule has 1 heterocycles. The summed E-state index contributed by atoms with van der Waals surface area (Å²) in [5.41, 5.74) is 4.54. The first kappa shape index (κ1) is 22.0. The van der Waals surface area contributed by atoms with Crippen LogP contribution in [-0.4, -0.2) is 24.5 Å². The largest absolute Gasteiger partial charge is 0.497 e. The van der Waals surface area contributed by atoms with Crippen molar-refractivity contribution in [2.75, 3.05) is 24.3 Å². The second kappa shape index (κ2) is 10.4. The van der Waals surface area contributed by atoms with Gasteiger partial charge in [0, 0.05) is 36.2 Å². The first-order valence-electron chi connectivity index (χ1n) is 10.6. The highest BCUT2D eigenvalue weighted by atomic mass is 19.1. The molecule has 0 aliphatic rings. The zero-order chi connectivity index (χ0) is 23.0. The highest BCUT2D eigenvalue weighted by Gasteiger charge is 2.15. The molecule has 0 aliphatic carbocycles. The van der Waals surface area contributed by atoms with Gasteiger partial charge < -0.3 is 15.4 Å². The Morgan fingerprint density at radius 1 is 0.939 bits per heavy atom. The molecule has 3 aromatic carbocycles. The van der Waals surface area contributed by atoms with Gasteiger partial charge in [0.2, 0.25) is 0 Å². The van der Waals surface area contributed by atoms with Gasteiger partial charge in [-0.15, -0.1) is 0 Å². The minimum absolute atomic E-state index is 0.274. The number of hydrogen-bond acceptors (Lipinski definition) is 4. The molecule has 2 N–H and O–H groups in total. The molecule has 6 heteroatoms. The number of amides is 1. The molecule has 4 rings (SSSR count). The molecule has 4 aromatic rings. The second-order valence-corrected chi connectivity index (χ2v) is 7.45. The molecular formula is C27H24FN3O2. The predicted octanol–water partition coefficient (Wildman–Crippen LogP) is 5.80. The Hall–Kier alpha value is -4.19. The fraction of sp³-hybridized carbons (Fsp3) is 0.111. The van der Waals surface area contributed by atoms with E-state index >= 15 is 0 Å². The number of nitrogens with zero attached hydrogens (tertiary/aromatic N) is 1. The number of aromatic nitrogens is 1. The van der Waals surface area contributed by atoms with E-state index in [9.17, 15) is 9.18 Å². The van der Waals surface area contributed by atoms with Crippen molar-refractivity contribution < 1.29 is 13.9 Å². The van der Waals surface area contributed by atoms with Gasteiger partial charge in [-0.3, -0.25) is 9.78 Å². The second-order valence-electron chi connectivity index (χ2n) is 7.45. The van der Waals surface area contributed by atoms with E-state index in [4.69, 9.17) is 4.74 Å². The first-order chi connectivity index (χ1) is 16.1. The molecule has 33 heavy (non-hydrogen) atoms. The molecule has 0 unspecified atom stereocenters. The van der Waals surface area contributed by atoms with Crippen molar-refractivity contribution in [3.63, 3.8) is 0 Å². The number of hydrogen-bond donors (Lipinski definition) is 2. The molecule has 0 saturated heterocycles. The fourth-order valence-electron chi connectivity index (χ4n) is 3.47. The van der Waals surface area contributed by atoms with Crippen LogP contribution < -0.4 is 15.4 Å². The normalized spacial score (nSPS) is 10.5. The van der Waals surface area contributed by atoms with E-state index in [1.54, 1.807) is 43.6 Å². The van der Waals surface area contributed by atoms with Crippen LogP contribution in [0.15, 0.2) is 91.1 Å². The molecule has 0 spiro atoms. The van der Waals surface area contributed by atoms with Crippen LogP contribution in [0.4, 0.5) is 15.8 Å². The maximum atomic E-state index is 13.4. The van der Waals surface area contributed by atoms with Crippen LogP contribution >= 0.6 is 0 Å². The van der Waals surface area contributed by atoms with Gasteiger partial charge in [0.1, 0.15) is 11.6 Å². The Kier molecular flexibility index (Phi) is 6.95. The number of halogens is 1. The van der Waals surface area contributed by atoms with Crippen LogP contribution in [0, 0.1) is 5.82 Å². The number of methoxy groups -OCH3 is 1. The van der Waals surface area contributed by atoms with Crippen molar-refractivity contribution in [1.29, 1.82) is 0 Å². The summed E-state index contributed by atoms with van der Waals surface area (Å²) >= 11 is 0. The zero-order valence-electron chi connectivity index (χ0n) is 18.2. The maximum absolute atomic E-state index is 13.4. The van der Waals surface area contributed by atoms with Crippen LogP contribution in [0.1, 0.15) is 16.1 Å². The summed E-state index contributed by atoms with van der Waals surface area (Å²) in [6.45, 7) is 0.757. The van der Waals surface area contributed by atoms with E-state index in [2.05, 4.69) is 15.6 Å². The summed E-state index contributed by atoms with van der Waals surface area (Å²) in [5.74, 6) is -0.0328. The van der Waals surface area contributed by atoms with E-state index in [-0.39, 0.29) is 11.7 Å². The number of nitrogens with one attached hydrogen (secondary N) is 2. The van der Waals surface area contributed by atoms with Gasteiger partial charge in [-0.05, 0) is 77.9 Å². The van der Waals surface area contributed by atoms with E-state index in [1.807, 2.05) is 42.5 Å². The van der Waals surface area contributed by atoms with Crippen molar-refractivity contribution in [3.05, 3.63) is 108 Å². The molecule has 0 aliphatic heterocycles. The lowest BCUT2D eigenvalue weighted by molar-refractivity contribution is 0.102. The smallest absolute Gasteiger partial charge is 0.256 e. The van der Waals surface area contributed by atoms with E-state index in [0.717, 1.165) is 29.9 Å². The fourth-order valence-corrected chi connectivity index (χ4v) is 3.47. The van der Waals surface area contributed by atoms with Crippen LogP contribution in [-0.2, 0) is 6.42 Å². The minimum Gasteiger partial charge on any atom is -0.497 e. The van der Waals surface area contributed by atoms with Crippen LogP contribution in [0.2, 0.25) is 0 Å². The van der Waals surface area contributed by atoms with Gasteiger partial charge in [-0.25, -0.2) is 4.39 Å². The van der Waals surface area contributed by atoms with Crippen molar-refractivity contribution in [2.45, 2.75) is 6.42 Å². The zero-order valence-corrected chi connectivity index (χ0v) is 18.2. The third kappa shape index (κ3) is 5.74. The van der Waals surface area contributed by atoms with Gasteiger partial charge in [-0.1, -0.05) is 18.2 Å². The molecule has 0 fully saturated rings. The molecule has 0 radical (unpaired) electrons. The van der Waals surface area contributed by atoms with Crippen LogP contribution in [0.3, 0.4) is 0 Å². The van der Waals surface area contributed by atoms with Gasteiger partial charge in [0.25, 0.3) is 5.91 Å². The highest BCUT2D eigenvalue weighted by Crippen LogP contribution is 2.28. The third-order valence-electron chi connectivity index (χ3n) is 5.21. The summed E-state index contributed by atoms with van der Waals surface area (Å²) in [7, 11) is 1.55. The standard InChI is InChI=1S/C27H24FN3O2/c1-33-24-13-14-25(19-5-7-20(28)8-6-19)26(18-24)27(32)31-23-11-9-22(10-12-23)30-17-15-21-4-2-3-16-29-21/h2-14,16,18,30H,15,17H2,1H3,(H,31,32). The lowest BCUT2D eigenvalue weighted by atomic mass is 9.98. The number of pyridine rings is 1. The average Bonchev–Trinajstić information content (AvgIpc) is 2.86. The summed E-state index contributed by atoms with van der Waals surface area (Å²) in [6, 6.07) is 24.7. The van der Waals surface area contributed by atoms with Crippen molar-refractivity contribution >= 4 is 17.3 Å². The summed E-state index contributed by atoms with van der Waals surface area (Å²) in [5, 5.41) is 6.29. The quantitative estimate of drug-likeness (QED) is 0.363. The Bertz CT molecular complexity index is 1210. The van der Waals surface area contributed by atoms with Gasteiger partial charge in [0.05, 0.1) is 12.7 Å². The van der Waals surface area contributed by atoms with E-state index in [1.165, 1.54) is 12.1 Å². The third-order valence-corrected chi connectivity index (χ3v) is 5.21. The summed E-state index contributed by atoms with van der Waals surface area (Å²) in [4.78, 5) is 17.4. The highest BCUT2D eigenvalue weighted by molar-refractivity contribution is 6.09. The maximum Gasteiger partial charge on any atom is 0.256 e. The number of carbonyl (C=O) groups excluding carboxylic acids is 1. The van der Waals surface area contributed by atoms with Crippen molar-refractivity contribution in [1.82, 2.24) is 4.98 Å². The predicted molar refractivity (Wildman–Crippen MR) is 129 cm³/mol. The Balaban J connectivity index is 1.45. The lowest BCUT2D eigenvalue weighted by Crippen LogP contribution is -2.13. The topological polar surface area (TPSA) is 63.2 Å². The van der Waals surface area contributed by atoms with E-state index < -0.39 is 0 Å². The van der Waals surface area contributed by atoms with Crippen molar-refractivity contribution in [3.8, 4) is 16.9 Å². The molecule has 166 valence electrons. The lowest BCUT2D eigenvalue weighted by Gasteiger charge is -2.13. The minimum atomic E-state index is -0.327. The molecule has 5 nitrogen and oxygen atoms in total. The molecule has 0 atom stereocenters. The first-order valence-corrected chi connectivity index (χ1v) is 10.6. The molecular weight excluding hydrogens is 417 g/mol. The molecule has 1 aromatic heterocycles. The van der Waals surface area contributed by atoms with Crippen LogP contribution in [0.25, 0.3) is 11.1 Å². The van der Waals surface area contributed by atoms with Gasteiger partial charge in [0.15, 0.2) is 0 Å².